The van der Waals surface area contributed by atoms with Gasteiger partial charge in [0.05, 0.1) is 13.0 Å². The number of carbonyl (C=O) groups is 2. The maximum atomic E-state index is 12.4. The molecule has 124 valence electrons. The SMILES string of the molecule is COc1ccc(NC(=O)[C@@H]2CC(=O)N(Cc3ccccc3)C2)cc1. The van der Waals surface area contributed by atoms with Gasteiger partial charge in [-0.05, 0) is 29.8 Å². The smallest absolute Gasteiger partial charge is 0.229 e. The van der Waals surface area contributed by atoms with Crippen molar-refractivity contribution >= 4 is 17.5 Å². The van der Waals surface area contributed by atoms with Crippen molar-refractivity contribution in [2.24, 2.45) is 5.92 Å². The summed E-state index contributed by atoms with van der Waals surface area (Å²) in [6, 6.07) is 17.0. The Morgan fingerprint density at radius 1 is 1.17 bits per heavy atom. The molecule has 1 heterocycles. The van der Waals surface area contributed by atoms with Crippen molar-refractivity contribution in [2.75, 3.05) is 19.0 Å². The van der Waals surface area contributed by atoms with E-state index in [1.807, 2.05) is 30.3 Å². The molecule has 1 atom stereocenters. The molecule has 24 heavy (non-hydrogen) atoms. The molecule has 0 spiro atoms. The molecule has 2 aromatic carbocycles. The Hall–Kier alpha value is -2.82. The molecule has 2 aromatic rings. The summed E-state index contributed by atoms with van der Waals surface area (Å²) in [7, 11) is 1.60. The van der Waals surface area contributed by atoms with Crippen LogP contribution in [0.2, 0.25) is 0 Å². The van der Waals surface area contributed by atoms with Gasteiger partial charge in [0, 0.05) is 25.2 Å². The van der Waals surface area contributed by atoms with Gasteiger partial charge in [-0.15, -0.1) is 0 Å². The van der Waals surface area contributed by atoms with Crippen LogP contribution in [0.4, 0.5) is 5.69 Å². The van der Waals surface area contributed by atoms with Crippen molar-refractivity contribution in [2.45, 2.75) is 13.0 Å². The predicted molar refractivity (Wildman–Crippen MR) is 91.6 cm³/mol. The average molecular weight is 324 g/mol. The van der Waals surface area contributed by atoms with Crippen molar-refractivity contribution in [1.82, 2.24) is 4.90 Å². The van der Waals surface area contributed by atoms with E-state index in [1.54, 1.807) is 36.3 Å². The first-order valence-electron chi connectivity index (χ1n) is 7.92. The Morgan fingerprint density at radius 2 is 1.88 bits per heavy atom. The molecular weight excluding hydrogens is 304 g/mol. The number of nitrogens with one attached hydrogen (secondary N) is 1. The normalized spacial score (nSPS) is 17.0. The third-order valence-electron chi connectivity index (χ3n) is 4.16. The fourth-order valence-electron chi connectivity index (χ4n) is 2.82. The second kappa shape index (κ2) is 7.17. The molecule has 0 saturated carbocycles. The highest BCUT2D eigenvalue weighted by Gasteiger charge is 2.34. The second-order valence-electron chi connectivity index (χ2n) is 5.88. The van der Waals surface area contributed by atoms with Crippen molar-refractivity contribution in [3.05, 3.63) is 60.2 Å². The van der Waals surface area contributed by atoms with E-state index in [2.05, 4.69) is 5.32 Å². The summed E-state index contributed by atoms with van der Waals surface area (Å²) in [5.74, 6) is 0.319. The number of anilines is 1. The van der Waals surface area contributed by atoms with Gasteiger partial charge in [-0.3, -0.25) is 9.59 Å². The van der Waals surface area contributed by atoms with Crippen LogP contribution in [0.3, 0.4) is 0 Å². The van der Waals surface area contributed by atoms with Gasteiger partial charge in [0.1, 0.15) is 5.75 Å². The summed E-state index contributed by atoms with van der Waals surface area (Å²) < 4.78 is 5.09. The molecule has 0 aromatic heterocycles. The molecule has 5 heteroatoms. The van der Waals surface area contributed by atoms with Crippen molar-refractivity contribution in [1.29, 1.82) is 0 Å². The van der Waals surface area contributed by atoms with Crippen LogP contribution in [-0.4, -0.2) is 30.4 Å². The van der Waals surface area contributed by atoms with E-state index in [1.165, 1.54) is 0 Å². The number of benzene rings is 2. The number of carbonyl (C=O) groups excluding carboxylic acids is 2. The molecule has 2 amide bonds. The zero-order valence-electron chi connectivity index (χ0n) is 13.6. The van der Waals surface area contributed by atoms with Gasteiger partial charge in [-0.1, -0.05) is 30.3 Å². The molecule has 1 N–H and O–H groups in total. The Kier molecular flexibility index (Phi) is 4.79. The monoisotopic (exact) mass is 324 g/mol. The lowest BCUT2D eigenvalue weighted by molar-refractivity contribution is -0.128. The molecular formula is C19H20N2O3. The van der Waals surface area contributed by atoms with Gasteiger partial charge in [0.2, 0.25) is 11.8 Å². The van der Waals surface area contributed by atoms with Crippen LogP contribution in [0, 0.1) is 5.92 Å². The molecule has 1 saturated heterocycles. The molecule has 0 aliphatic carbocycles. The van der Waals surface area contributed by atoms with E-state index in [9.17, 15) is 9.59 Å². The summed E-state index contributed by atoms with van der Waals surface area (Å²) >= 11 is 0. The van der Waals surface area contributed by atoms with E-state index in [4.69, 9.17) is 4.74 Å². The molecule has 5 nitrogen and oxygen atoms in total. The van der Waals surface area contributed by atoms with E-state index < -0.39 is 0 Å². The zero-order chi connectivity index (χ0) is 16.9. The number of nitrogens with zero attached hydrogens (tertiary/aromatic N) is 1. The first-order valence-corrected chi connectivity index (χ1v) is 7.92. The number of hydrogen-bond acceptors (Lipinski definition) is 3. The van der Waals surface area contributed by atoms with Crippen molar-refractivity contribution in [3.63, 3.8) is 0 Å². The van der Waals surface area contributed by atoms with Gasteiger partial charge in [-0.25, -0.2) is 0 Å². The lowest BCUT2D eigenvalue weighted by atomic mass is 10.1. The number of hydrogen-bond donors (Lipinski definition) is 1. The summed E-state index contributed by atoms with van der Waals surface area (Å²) in [6.45, 7) is 1.00. The predicted octanol–water partition coefficient (Wildman–Crippen LogP) is 2.68. The molecule has 0 unspecified atom stereocenters. The first kappa shape index (κ1) is 16.1. The number of rotatable bonds is 5. The Labute approximate surface area is 141 Å². The van der Waals surface area contributed by atoms with Gasteiger partial charge >= 0.3 is 0 Å². The standard InChI is InChI=1S/C19H20N2O3/c1-24-17-9-7-16(8-10-17)20-19(23)15-11-18(22)21(13-15)12-14-5-3-2-4-6-14/h2-10,15H,11-13H2,1H3,(H,20,23)/t15-/m1/s1. The number of methoxy groups -OCH3 is 1. The maximum Gasteiger partial charge on any atom is 0.229 e. The third kappa shape index (κ3) is 3.74. The fourth-order valence-corrected chi connectivity index (χ4v) is 2.82. The minimum atomic E-state index is -0.316. The topological polar surface area (TPSA) is 58.6 Å². The largest absolute Gasteiger partial charge is 0.497 e. The molecule has 0 radical (unpaired) electrons. The highest BCUT2D eigenvalue weighted by atomic mass is 16.5. The molecule has 1 aliphatic heterocycles. The number of amides is 2. The minimum absolute atomic E-state index is 0.0220. The second-order valence-corrected chi connectivity index (χ2v) is 5.88. The van der Waals surface area contributed by atoms with E-state index >= 15 is 0 Å². The van der Waals surface area contributed by atoms with Crippen molar-refractivity contribution < 1.29 is 14.3 Å². The minimum Gasteiger partial charge on any atom is -0.497 e. The van der Waals surface area contributed by atoms with Gasteiger partial charge < -0.3 is 15.0 Å². The molecule has 1 fully saturated rings. The Balaban J connectivity index is 1.59. The Bertz CT molecular complexity index is 713. The third-order valence-corrected chi connectivity index (χ3v) is 4.16. The van der Waals surface area contributed by atoms with Crippen LogP contribution < -0.4 is 10.1 Å². The van der Waals surface area contributed by atoms with Crippen LogP contribution >= 0.6 is 0 Å². The summed E-state index contributed by atoms with van der Waals surface area (Å²) in [5.41, 5.74) is 1.77. The quantitative estimate of drug-likeness (QED) is 0.920. The molecule has 3 rings (SSSR count). The van der Waals surface area contributed by atoms with E-state index in [-0.39, 0.29) is 24.2 Å². The summed E-state index contributed by atoms with van der Waals surface area (Å²) in [6.07, 6.45) is 0.259. The lowest BCUT2D eigenvalue weighted by Crippen LogP contribution is -2.28. The number of likely N-dealkylation sites (tertiary alicyclic amines) is 1. The fraction of sp³-hybridized carbons (Fsp3) is 0.263. The molecule has 0 bridgehead atoms. The first-order chi connectivity index (χ1) is 11.7. The summed E-state index contributed by atoms with van der Waals surface area (Å²) in [4.78, 5) is 26.3. The van der Waals surface area contributed by atoms with Crippen LogP contribution in [0.1, 0.15) is 12.0 Å². The highest BCUT2D eigenvalue weighted by molar-refractivity contribution is 5.97. The average Bonchev–Trinajstić information content (AvgIpc) is 2.97. The van der Waals surface area contributed by atoms with Gasteiger partial charge in [-0.2, -0.15) is 0 Å². The lowest BCUT2D eigenvalue weighted by Gasteiger charge is -2.16. The van der Waals surface area contributed by atoms with Crippen LogP contribution in [0.25, 0.3) is 0 Å². The maximum absolute atomic E-state index is 12.4. The van der Waals surface area contributed by atoms with Gasteiger partial charge in [0.25, 0.3) is 0 Å². The van der Waals surface area contributed by atoms with E-state index in [0.717, 1.165) is 11.3 Å². The van der Waals surface area contributed by atoms with Crippen LogP contribution in [0.5, 0.6) is 5.75 Å². The van der Waals surface area contributed by atoms with Crippen LogP contribution in [-0.2, 0) is 16.1 Å². The van der Waals surface area contributed by atoms with Crippen molar-refractivity contribution in [3.8, 4) is 5.75 Å². The van der Waals surface area contributed by atoms with E-state index in [0.29, 0.717) is 18.8 Å². The molecule has 1 aliphatic rings. The number of ether oxygens (including phenoxy) is 1. The summed E-state index contributed by atoms with van der Waals surface area (Å²) in [5, 5.41) is 2.87. The highest BCUT2D eigenvalue weighted by Crippen LogP contribution is 2.22. The zero-order valence-corrected chi connectivity index (χ0v) is 13.6. The van der Waals surface area contributed by atoms with Gasteiger partial charge in [0.15, 0.2) is 0 Å². The Morgan fingerprint density at radius 3 is 2.54 bits per heavy atom. The van der Waals surface area contributed by atoms with Crippen LogP contribution in [0.15, 0.2) is 54.6 Å².